The van der Waals surface area contributed by atoms with Crippen molar-refractivity contribution in [2.45, 2.75) is 89.5 Å². The number of aliphatic hydroxyl groups is 1. The van der Waals surface area contributed by atoms with Gasteiger partial charge in [0.25, 0.3) is 0 Å². The van der Waals surface area contributed by atoms with Gasteiger partial charge in [-0.15, -0.1) is 0 Å². The van der Waals surface area contributed by atoms with E-state index < -0.39 is 0 Å². The highest BCUT2D eigenvalue weighted by molar-refractivity contribution is 4.91. The molecule has 3 fully saturated rings. The summed E-state index contributed by atoms with van der Waals surface area (Å²) in [6.45, 7) is 1.46. The molecule has 0 aromatic rings. The molecule has 0 aliphatic heterocycles. The Morgan fingerprint density at radius 2 is 1.48 bits per heavy atom. The lowest BCUT2D eigenvalue weighted by molar-refractivity contribution is 0.101. The molecule has 0 radical (unpaired) electrons. The van der Waals surface area contributed by atoms with Crippen LogP contribution in [0.15, 0.2) is 0 Å². The van der Waals surface area contributed by atoms with E-state index in [1.165, 1.54) is 83.5 Å². The first kappa shape index (κ1) is 15.8. The van der Waals surface area contributed by atoms with Crippen molar-refractivity contribution in [3.63, 3.8) is 0 Å². The molecule has 3 saturated carbocycles. The van der Waals surface area contributed by atoms with Gasteiger partial charge in [0.1, 0.15) is 0 Å². The smallest absolute Gasteiger partial charge is 0.0499 e. The molecule has 3 rings (SSSR count). The second kappa shape index (κ2) is 7.46. The van der Waals surface area contributed by atoms with E-state index in [-0.39, 0.29) is 5.41 Å². The van der Waals surface area contributed by atoms with Crippen LogP contribution in [0, 0.1) is 17.3 Å². The minimum absolute atomic E-state index is 0.217. The molecular weight excluding hydrogens is 258 g/mol. The van der Waals surface area contributed by atoms with Gasteiger partial charge in [0.2, 0.25) is 0 Å². The summed E-state index contributed by atoms with van der Waals surface area (Å²) in [6, 6.07) is 0.742. The average Bonchev–Trinajstić information content (AvgIpc) is 3.04. The zero-order valence-corrected chi connectivity index (χ0v) is 13.8. The van der Waals surface area contributed by atoms with E-state index >= 15 is 0 Å². The van der Waals surface area contributed by atoms with E-state index in [2.05, 4.69) is 5.32 Å². The van der Waals surface area contributed by atoms with Crippen LogP contribution in [0.1, 0.15) is 83.5 Å². The van der Waals surface area contributed by atoms with Crippen LogP contribution in [0.25, 0.3) is 0 Å². The van der Waals surface area contributed by atoms with Crippen LogP contribution in [0.3, 0.4) is 0 Å². The SMILES string of the molecule is OCC1(CNC2CCCCC2C2CCCCC2)CCCC1. The molecule has 3 aliphatic rings. The van der Waals surface area contributed by atoms with Gasteiger partial charge >= 0.3 is 0 Å². The van der Waals surface area contributed by atoms with Crippen LogP contribution < -0.4 is 5.32 Å². The van der Waals surface area contributed by atoms with Crippen LogP contribution in [-0.4, -0.2) is 24.3 Å². The minimum atomic E-state index is 0.217. The zero-order valence-electron chi connectivity index (χ0n) is 13.8. The minimum Gasteiger partial charge on any atom is -0.396 e. The monoisotopic (exact) mass is 293 g/mol. The fraction of sp³-hybridized carbons (Fsp3) is 1.00. The van der Waals surface area contributed by atoms with Gasteiger partial charge in [-0.25, -0.2) is 0 Å². The van der Waals surface area contributed by atoms with Gasteiger partial charge in [0.15, 0.2) is 0 Å². The lowest BCUT2D eigenvalue weighted by Crippen LogP contribution is -2.47. The summed E-state index contributed by atoms with van der Waals surface area (Å²) in [5.41, 5.74) is 0.217. The third-order valence-corrected chi connectivity index (χ3v) is 6.81. The van der Waals surface area contributed by atoms with Gasteiger partial charge in [-0.2, -0.15) is 0 Å². The summed E-state index contributed by atoms with van der Waals surface area (Å²) in [4.78, 5) is 0. The van der Waals surface area contributed by atoms with E-state index in [0.717, 1.165) is 24.4 Å². The highest BCUT2D eigenvalue weighted by atomic mass is 16.3. The van der Waals surface area contributed by atoms with Gasteiger partial charge in [0, 0.05) is 24.6 Å². The number of hydrogen-bond acceptors (Lipinski definition) is 2. The average molecular weight is 293 g/mol. The first-order valence-electron chi connectivity index (χ1n) is 9.67. The lowest BCUT2D eigenvalue weighted by atomic mass is 9.70. The molecule has 2 heteroatoms. The first-order valence-corrected chi connectivity index (χ1v) is 9.67. The van der Waals surface area contributed by atoms with E-state index in [0.29, 0.717) is 6.61 Å². The molecule has 0 spiro atoms. The summed E-state index contributed by atoms with van der Waals surface area (Å²) < 4.78 is 0. The molecule has 2 N–H and O–H groups in total. The van der Waals surface area contributed by atoms with Gasteiger partial charge in [0.05, 0.1) is 0 Å². The molecule has 0 saturated heterocycles. The van der Waals surface area contributed by atoms with Gasteiger partial charge in [-0.1, -0.05) is 57.8 Å². The number of aliphatic hydroxyl groups excluding tert-OH is 1. The highest BCUT2D eigenvalue weighted by Crippen LogP contribution is 2.40. The topological polar surface area (TPSA) is 32.3 Å². The Balaban J connectivity index is 1.56. The van der Waals surface area contributed by atoms with Crippen LogP contribution in [-0.2, 0) is 0 Å². The van der Waals surface area contributed by atoms with E-state index in [4.69, 9.17) is 0 Å². The second-order valence-electron chi connectivity index (χ2n) is 8.20. The van der Waals surface area contributed by atoms with Crippen LogP contribution >= 0.6 is 0 Å². The molecule has 0 bridgehead atoms. The number of hydrogen-bond donors (Lipinski definition) is 2. The Morgan fingerprint density at radius 1 is 0.810 bits per heavy atom. The molecule has 0 heterocycles. The van der Waals surface area contributed by atoms with Crippen molar-refractivity contribution in [2.24, 2.45) is 17.3 Å². The first-order chi connectivity index (χ1) is 10.3. The molecular formula is C19H35NO. The zero-order chi connectivity index (χ0) is 14.5. The van der Waals surface area contributed by atoms with Crippen LogP contribution in [0.5, 0.6) is 0 Å². The number of rotatable bonds is 5. The summed E-state index contributed by atoms with van der Waals surface area (Å²) >= 11 is 0. The van der Waals surface area contributed by atoms with Gasteiger partial charge in [-0.3, -0.25) is 0 Å². The normalized spacial score (nSPS) is 34.1. The van der Waals surface area contributed by atoms with Crippen molar-refractivity contribution in [3.05, 3.63) is 0 Å². The third kappa shape index (κ3) is 3.82. The third-order valence-electron chi connectivity index (χ3n) is 6.81. The molecule has 2 atom stereocenters. The predicted octanol–water partition coefficient (Wildman–Crippen LogP) is 4.27. The van der Waals surface area contributed by atoms with Crippen LogP contribution in [0.4, 0.5) is 0 Å². The summed E-state index contributed by atoms with van der Waals surface area (Å²) in [7, 11) is 0. The van der Waals surface area contributed by atoms with Gasteiger partial charge in [-0.05, 0) is 37.5 Å². The summed E-state index contributed by atoms with van der Waals surface area (Å²) in [5.74, 6) is 1.92. The van der Waals surface area contributed by atoms with Crippen molar-refractivity contribution in [1.29, 1.82) is 0 Å². The van der Waals surface area contributed by atoms with Crippen LogP contribution in [0.2, 0.25) is 0 Å². The standard InChI is InChI=1S/C19H35NO/c21-15-19(12-6-7-13-19)14-20-18-11-5-4-10-17(18)16-8-2-1-3-9-16/h16-18,20-21H,1-15H2. The highest BCUT2D eigenvalue weighted by Gasteiger charge is 2.36. The van der Waals surface area contributed by atoms with E-state index in [1.807, 2.05) is 0 Å². The largest absolute Gasteiger partial charge is 0.396 e. The number of nitrogens with one attached hydrogen (secondary N) is 1. The molecule has 0 aromatic carbocycles. The van der Waals surface area contributed by atoms with E-state index in [9.17, 15) is 5.11 Å². The molecule has 122 valence electrons. The Hall–Kier alpha value is -0.0800. The van der Waals surface area contributed by atoms with Crippen molar-refractivity contribution in [1.82, 2.24) is 5.32 Å². The Labute approximate surface area is 131 Å². The maximum Gasteiger partial charge on any atom is 0.0499 e. The van der Waals surface area contributed by atoms with Crippen molar-refractivity contribution in [3.8, 4) is 0 Å². The Kier molecular flexibility index (Phi) is 5.61. The Morgan fingerprint density at radius 3 is 2.19 bits per heavy atom. The molecule has 2 nitrogen and oxygen atoms in total. The van der Waals surface area contributed by atoms with Crippen molar-refractivity contribution < 1.29 is 5.11 Å². The summed E-state index contributed by atoms with van der Waals surface area (Å²) in [6.07, 6.45) is 18.2. The van der Waals surface area contributed by atoms with Crippen molar-refractivity contribution in [2.75, 3.05) is 13.2 Å². The molecule has 3 aliphatic carbocycles. The quantitative estimate of drug-likeness (QED) is 0.793. The van der Waals surface area contributed by atoms with E-state index in [1.54, 1.807) is 0 Å². The summed E-state index contributed by atoms with van der Waals surface area (Å²) in [5, 5.41) is 13.8. The predicted molar refractivity (Wildman–Crippen MR) is 88.3 cm³/mol. The molecule has 2 unspecified atom stereocenters. The maximum atomic E-state index is 9.82. The lowest BCUT2D eigenvalue weighted by Gasteiger charge is -2.41. The Bertz CT molecular complexity index is 305. The fourth-order valence-electron chi connectivity index (χ4n) is 5.40. The fourth-order valence-corrected chi connectivity index (χ4v) is 5.40. The van der Waals surface area contributed by atoms with Gasteiger partial charge < -0.3 is 10.4 Å². The molecule has 0 amide bonds. The second-order valence-corrected chi connectivity index (χ2v) is 8.20. The molecule has 0 aromatic heterocycles. The maximum absolute atomic E-state index is 9.82. The molecule has 21 heavy (non-hydrogen) atoms. The van der Waals surface area contributed by atoms with Crippen molar-refractivity contribution >= 4 is 0 Å².